The molecule has 0 aliphatic heterocycles. The second-order valence-electron chi connectivity index (χ2n) is 5.00. The summed E-state index contributed by atoms with van der Waals surface area (Å²) in [5, 5.41) is 12.6. The second kappa shape index (κ2) is 6.31. The standard InChI is InChI=1S/C17H19NO3/c1-11-4-5-12(2)15(10-11)16(17(19)20)18-13-6-8-14(21-3)9-7-13/h4-10,16,18H,1-3H3,(H,19,20). The Kier molecular flexibility index (Phi) is 4.48. The lowest BCUT2D eigenvalue weighted by atomic mass is 9.98. The Labute approximate surface area is 124 Å². The normalized spacial score (nSPS) is 11.8. The number of hydrogen-bond acceptors (Lipinski definition) is 3. The van der Waals surface area contributed by atoms with Crippen LogP contribution in [0, 0.1) is 13.8 Å². The zero-order valence-electron chi connectivity index (χ0n) is 12.4. The summed E-state index contributed by atoms with van der Waals surface area (Å²) in [7, 11) is 1.60. The van der Waals surface area contributed by atoms with Gasteiger partial charge in [-0.25, -0.2) is 4.79 Å². The van der Waals surface area contributed by atoms with Crippen LogP contribution in [0.15, 0.2) is 42.5 Å². The van der Waals surface area contributed by atoms with E-state index in [1.165, 1.54) is 0 Å². The molecule has 0 saturated heterocycles. The van der Waals surface area contributed by atoms with Gasteiger partial charge in [0.05, 0.1) is 7.11 Å². The van der Waals surface area contributed by atoms with E-state index in [1.54, 1.807) is 31.4 Å². The predicted molar refractivity (Wildman–Crippen MR) is 82.9 cm³/mol. The second-order valence-corrected chi connectivity index (χ2v) is 5.00. The van der Waals surface area contributed by atoms with E-state index < -0.39 is 12.0 Å². The number of ether oxygens (including phenoxy) is 1. The monoisotopic (exact) mass is 285 g/mol. The van der Waals surface area contributed by atoms with Crippen LogP contribution < -0.4 is 10.1 Å². The zero-order valence-corrected chi connectivity index (χ0v) is 12.4. The number of benzene rings is 2. The number of aliphatic carboxylic acids is 1. The highest BCUT2D eigenvalue weighted by Gasteiger charge is 2.21. The Morgan fingerprint density at radius 3 is 2.38 bits per heavy atom. The Hall–Kier alpha value is -2.49. The topological polar surface area (TPSA) is 58.6 Å². The van der Waals surface area contributed by atoms with Gasteiger partial charge in [0.2, 0.25) is 0 Å². The summed E-state index contributed by atoms with van der Waals surface area (Å²) in [6, 6.07) is 12.2. The molecule has 1 unspecified atom stereocenters. The van der Waals surface area contributed by atoms with Gasteiger partial charge in [0.25, 0.3) is 0 Å². The maximum atomic E-state index is 11.6. The Morgan fingerprint density at radius 1 is 1.14 bits per heavy atom. The van der Waals surface area contributed by atoms with E-state index in [0.29, 0.717) is 0 Å². The van der Waals surface area contributed by atoms with Crippen molar-refractivity contribution in [3.63, 3.8) is 0 Å². The van der Waals surface area contributed by atoms with Crippen molar-refractivity contribution in [3.8, 4) is 5.75 Å². The molecule has 2 N–H and O–H groups in total. The molecule has 4 nitrogen and oxygen atoms in total. The maximum Gasteiger partial charge on any atom is 0.330 e. The van der Waals surface area contributed by atoms with Gasteiger partial charge in [0.1, 0.15) is 5.75 Å². The minimum absolute atomic E-state index is 0.735. The van der Waals surface area contributed by atoms with E-state index in [1.807, 2.05) is 32.0 Å². The number of anilines is 1. The van der Waals surface area contributed by atoms with Gasteiger partial charge >= 0.3 is 5.97 Å². The smallest absolute Gasteiger partial charge is 0.330 e. The third-order valence-electron chi connectivity index (χ3n) is 3.39. The molecule has 1 atom stereocenters. The molecule has 0 spiro atoms. The molecule has 4 heteroatoms. The molecule has 2 aromatic rings. The molecule has 0 amide bonds. The summed E-state index contributed by atoms with van der Waals surface area (Å²) >= 11 is 0. The van der Waals surface area contributed by atoms with Crippen LogP contribution in [0.3, 0.4) is 0 Å². The highest BCUT2D eigenvalue weighted by molar-refractivity contribution is 5.80. The van der Waals surface area contributed by atoms with Gasteiger partial charge < -0.3 is 15.2 Å². The number of hydrogen-bond donors (Lipinski definition) is 2. The summed E-state index contributed by atoms with van der Waals surface area (Å²) in [6.45, 7) is 3.87. The van der Waals surface area contributed by atoms with Gasteiger partial charge in [-0.15, -0.1) is 0 Å². The fourth-order valence-electron chi connectivity index (χ4n) is 2.20. The number of carboxylic acid groups (broad SMARTS) is 1. The van der Waals surface area contributed by atoms with Crippen molar-refractivity contribution in [2.75, 3.05) is 12.4 Å². The van der Waals surface area contributed by atoms with E-state index in [9.17, 15) is 9.90 Å². The molecule has 110 valence electrons. The van der Waals surface area contributed by atoms with Crippen LogP contribution >= 0.6 is 0 Å². The van der Waals surface area contributed by atoms with Gasteiger partial charge in [0.15, 0.2) is 6.04 Å². The molecule has 0 saturated carbocycles. The Morgan fingerprint density at radius 2 is 1.81 bits per heavy atom. The maximum absolute atomic E-state index is 11.6. The van der Waals surface area contributed by atoms with E-state index in [-0.39, 0.29) is 0 Å². The minimum atomic E-state index is -0.903. The number of carbonyl (C=O) groups is 1. The molecule has 2 aromatic carbocycles. The molecule has 0 radical (unpaired) electrons. The molecule has 2 rings (SSSR count). The van der Waals surface area contributed by atoms with Crippen LogP contribution in [0.4, 0.5) is 5.69 Å². The first-order chi connectivity index (χ1) is 10.0. The molecule has 0 aliphatic rings. The lowest BCUT2D eigenvalue weighted by Crippen LogP contribution is -2.21. The third-order valence-corrected chi connectivity index (χ3v) is 3.39. The number of aryl methyl sites for hydroxylation is 2. The molecule has 0 aromatic heterocycles. The molecular weight excluding hydrogens is 266 g/mol. The van der Waals surface area contributed by atoms with Gasteiger partial charge in [-0.2, -0.15) is 0 Å². The SMILES string of the molecule is COc1ccc(NC(C(=O)O)c2cc(C)ccc2C)cc1. The van der Waals surface area contributed by atoms with E-state index >= 15 is 0 Å². The van der Waals surface area contributed by atoms with Crippen LogP contribution in [-0.2, 0) is 4.79 Å². The molecule has 21 heavy (non-hydrogen) atoms. The summed E-state index contributed by atoms with van der Waals surface area (Å²) in [6.07, 6.45) is 0. The summed E-state index contributed by atoms with van der Waals surface area (Å²) in [5.41, 5.74) is 3.51. The molecule has 0 heterocycles. The van der Waals surface area contributed by atoms with Crippen molar-refractivity contribution in [1.29, 1.82) is 0 Å². The van der Waals surface area contributed by atoms with Gasteiger partial charge in [-0.1, -0.05) is 23.8 Å². The Bertz CT molecular complexity index is 635. The van der Waals surface area contributed by atoms with Crippen molar-refractivity contribution < 1.29 is 14.6 Å². The van der Waals surface area contributed by atoms with Gasteiger partial charge in [0, 0.05) is 5.69 Å². The van der Waals surface area contributed by atoms with Crippen LogP contribution in [0.25, 0.3) is 0 Å². The number of nitrogens with one attached hydrogen (secondary N) is 1. The van der Waals surface area contributed by atoms with Crippen molar-refractivity contribution in [3.05, 3.63) is 59.2 Å². The van der Waals surface area contributed by atoms with E-state index in [0.717, 1.165) is 28.1 Å². The summed E-state index contributed by atoms with van der Waals surface area (Å²) < 4.78 is 5.10. The number of methoxy groups -OCH3 is 1. The number of rotatable bonds is 5. The number of carboxylic acids is 1. The fourth-order valence-corrected chi connectivity index (χ4v) is 2.20. The van der Waals surface area contributed by atoms with Crippen molar-refractivity contribution in [2.45, 2.75) is 19.9 Å². The molecule has 0 aliphatic carbocycles. The zero-order chi connectivity index (χ0) is 15.4. The van der Waals surface area contributed by atoms with Crippen molar-refractivity contribution >= 4 is 11.7 Å². The predicted octanol–water partition coefficient (Wildman–Crippen LogP) is 3.55. The van der Waals surface area contributed by atoms with E-state index in [2.05, 4.69) is 5.32 Å². The third kappa shape index (κ3) is 3.54. The van der Waals surface area contributed by atoms with Crippen molar-refractivity contribution in [1.82, 2.24) is 0 Å². The van der Waals surface area contributed by atoms with Crippen LogP contribution in [0.2, 0.25) is 0 Å². The molecule has 0 bridgehead atoms. The highest BCUT2D eigenvalue weighted by Crippen LogP contribution is 2.25. The first kappa shape index (κ1) is 14.9. The average Bonchev–Trinajstić information content (AvgIpc) is 2.48. The highest BCUT2D eigenvalue weighted by atomic mass is 16.5. The summed E-state index contributed by atoms with van der Waals surface area (Å²) in [5.74, 6) is -0.168. The van der Waals surface area contributed by atoms with Crippen LogP contribution in [0.1, 0.15) is 22.7 Å². The van der Waals surface area contributed by atoms with Crippen molar-refractivity contribution in [2.24, 2.45) is 0 Å². The largest absolute Gasteiger partial charge is 0.497 e. The lowest BCUT2D eigenvalue weighted by molar-refractivity contribution is -0.138. The first-order valence-corrected chi connectivity index (χ1v) is 6.72. The minimum Gasteiger partial charge on any atom is -0.497 e. The lowest BCUT2D eigenvalue weighted by Gasteiger charge is -2.19. The average molecular weight is 285 g/mol. The van der Waals surface area contributed by atoms with Gasteiger partial charge in [-0.3, -0.25) is 0 Å². The quantitative estimate of drug-likeness (QED) is 0.882. The summed E-state index contributed by atoms with van der Waals surface area (Å²) in [4.78, 5) is 11.6. The first-order valence-electron chi connectivity index (χ1n) is 6.72. The van der Waals surface area contributed by atoms with Crippen LogP contribution in [-0.4, -0.2) is 18.2 Å². The van der Waals surface area contributed by atoms with E-state index in [4.69, 9.17) is 4.74 Å². The van der Waals surface area contributed by atoms with Gasteiger partial charge in [-0.05, 0) is 49.2 Å². The van der Waals surface area contributed by atoms with Crippen LogP contribution in [0.5, 0.6) is 5.75 Å². The fraction of sp³-hybridized carbons (Fsp3) is 0.235. The molecule has 0 fully saturated rings. The Balaban J connectivity index is 2.30. The molecular formula is C17H19NO3.